The lowest BCUT2D eigenvalue weighted by atomic mass is 9.85. The Morgan fingerprint density at radius 3 is 2.79 bits per heavy atom. The molecule has 128 valence electrons. The number of carbonyl (C=O) groups is 1. The van der Waals surface area contributed by atoms with Gasteiger partial charge in [0.2, 0.25) is 0 Å². The molecule has 0 spiro atoms. The number of methoxy groups -OCH3 is 1. The van der Waals surface area contributed by atoms with Crippen LogP contribution >= 0.6 is 0 Å². The first-order valence-corrected chi connectivity index (χ1v) is 8.33. The number of carbonyl (C=O) groups excluding carboxylic acids is 1. The molecule has 0 aliphatic carbocycles. The van der Waals surface area contributed by atoms with Crippen molar-refractivity contribution in [2.45, 2.75) is 18.9 Å². The Morgan fingerprint density at radius 2 is 2.12 bits per heavy atom. The Bertz CT molecular complexity index is 652. The van der Waals surface area contributed by atoms with Crippen molar-refractivity contribution in [1.29, 1.82) is 0 Å². The Balaban J connectivity index is 1.70. The summed E-state index contributed by atoms with van der Waals surface area (Å²) in [7, 11) is 3.83. The first-order valence-electron chi connectivity index (χ1n) is 8.33. The number of likely N-dealkylation sites (tertiary alicyclic amines) is 1. The highest BCUT2D eigenvalue weighted by molar-refractivity contribution is 5.93. The fourth-order valence-corrected chi connectivity index (χ4v) is 3.52. The van der Waals surface area contributed by atoms with Crippen LogP contribution in [0.15, 0.2) is 47.3 Å². The van der Waals surface area contributed by atoms with Crippen molar-refractivity contribution < 1.29 is 13.9 Å². The highest BCUT2D eigenvalue weighted by atomic mass is 16.5. The van der Waals surface area contributed by atoms with Crippen LogP contribution in [0, 0.1) is 5.92 Å². The second-order valence-corrected chi connectivity index (χ2v) is 6.32. The molecule has 5 nitrogen and oxygen atoms in total. The van der Waals surface area contributed by atoms with Crippen molar-refractivity contribution in [2.75, 3.05) is 27.2 Å². The lowest BCUT2D eigenvalue weighted by Crippen LogP contribution is -2.41. The molecule has 1 aromatic carbocycles. The molecule has 0 saturated carbocycles. The zero-order valence-electron chi connectivity index (χ0n) is 14.2. The summed E-state index contributed by atoms with van der Waals surface area (Å²) in [4.78, 5) is 14.5. The number of piperidine rings is 1. The van der Waals surface area contributed by atoms with Gasteiger partial charge >= 0.3 is 0 Å². The molecule has 0 radical (unpaired) electrons. The SMILES string of the molecule is COc1ccc([C@H]2[C@@H](CNC(=O)c3ccoc3)CCCN2C)cc1. The summed E-state index contributed by atoms with van der Waals surface area (Å²) in [6.07, 6.45) is 5.24. The maximum Gasteiger partial charge on any atom is 0.254 e. The monoisotopic (exact) mass is 328 g/mol. The average molecular weight is 328 g/mol. The number of nitrogens with one attached hydrogen (secondary N) is 1. The topological polar surface area (TPSA) is 54.7 Å². The van der Waals surface area contributed by atoms with E-state index >= 15 is 0 Å². The van der Waals surface area contributed by atoms with Gasteiger partial charge in [0.25, 0.3) is 5.91 Å². The van der Waals surface area contributed by atoms with Crippen molar-refractivity contribution in [3.63, 3.8) is 0 Å². The Hall–Kier alpha value is -2.27. The summed E-state index contributed by atoms with van der Waals surface area (Å²) in [5.74, 6) is 1.17. The van der Waals surface area contributed by atoms with E-state index in [0.29, 0.717) is 24.1 Å². The normalized spacial score (nSPS) is 21.4. The summed E-state index contributed by atoms with van der Waals surface area (Å²) >= 11 is 0. The van der Waals surface area contributed by atoms with Gasteiger partial charge in [0.1, 0.15) is 12.0 Å². The van der Waals surface area contributed by atoms with Crippen molar-refractivity contribution in [3.05, 3.63) is 54.0 Å². The van der Waals surface area contributed by atoms with E-state index in [4.69, 9.17) is 9.15 Å². The predicted molar refractivity (Wildman–Crippen MR) is 92.1 cm³/mol. The lowest BCUT2D eigenvalue weighted by molar-refractivity contribution is 0.0891. The number of hydrogen-bond donors (Lipinski definition) is 1. The minimum Gasteiger partial charge on any atom is -0.497 e. The van der Waals surface area contributed by atoms with E-state index in [9.17, 15) is 4.79 Å². The van der Waals surface area contributed by atoms with Crippen molar-refractivity contribution in [1.82, 2.24) is 10.2 Å². The standard InChI is InChI=1S/C19H24N2O3/c1-21-10-3-4-15(12-20-19(22)16-9-11-24-13-16)18(21)14-5-7-17(23-2)8-6-14/h5-9,11,13,15,18H,3-4,10,12H2,1-2H3,(H,20,22)/t15-,18+/m1/s1. The van der Waals surface area contributed by atoms with Gasteiger partial charge < -0.3 is 14.5 Å². The molecule has 0 bridgehead atoms. The zero-order valence-corrected chi connectivity index (χ0v) is 14.2. The number of rotatable bonds is 5. The van der Waals surface area contributed by atoms with Gasteiger partial charge in [-0.1, -0.05) is 12.1 Å². The van der Waals surface area contributed by atoms with Gasteiger partial charge in [-0.2, -0.15) is 0 Å². The molecule has 1 fully saturated rings. The van der Waals surface area contributed by atoms with Gasteiger partial charge in [-0.3, -0.25) is 9.69 Å². The van der Waals surface area contributed by atoms with Crippen LogP contribution in [-0.4, -0.2) is 38.1 Å². The van der Waals surface area contributed by atoms with E-state index in [-0.39, 0.29) is 5.91 Å². The Kier molecular flexibility index (Phi) is 5.20. The van der Waals surface area contributed by atoms with E-state index in [0.717, 1.165) is 25.1 Å². The Morgan fingerprint density at radius 1 is 1.33 bits per heavy atom. The van der Waals surface area contributed by atoms with E-state index < -0.39 is 0 Å². The highest BCUT2D eigenvalue weighted by Crippen LogP contribution is 2.35. The molecule has 5 heteroatoms. The molecule has 1 N–H and O–H groups in total. The number of nitrogens with zero attached hydrogens (tertiary/aromatic N) is 1. The maximum absolute atomic E-state index is 12.2. The molecule has 24 heavy (non-hydrogen) atoms. The van der Waals surface area contributed by atoms with Crippen LogP contribution in [0.2, 0.25) is 0 Å². The summed E-state index contributed by atoms with van der Waals surface area (Å²) in [6, 6.07) is 10.2. The third-order valence-corrected chi connectivity index (χ3v) is 4.77. The van der Waals surface area contributed by atoms with E-state index in [1.54, 1.807) is 13.2 Å². The fraction of sp³-hybridized carbons (Fsp3) is 0.421. The molecule has 1 aliphatic heterocycles. The largest absolute Gasteiger partial charge is 0.497 e. The van der Waals surface area contributed by atoms with Crippen molar-refractivity contribution in [2.24, 2.45) is 5.92 Å². The Labute approximate surface area is 142 Å². The third kappa shape index (κ3) is 3.62. The summed E-state index contributed by atoms with van der Waals surface area (Å²) in [6.45, 7) is 1.73. The molecule has 1 aromatic heterocycles. The predicted octanol–water partition coefficient (Wildman–Crippen LogP) is 3.10. The van der Waals surface area contributed by atoms with Crippen LogP contribution in [0.3, 0.4) is 0 Å². The van der Waals surface area contributed by atoms with Crippen LogP contribution in [0.4, 0.5) is 0 Å². The number of amides is 1. The smallest absolute Gasteiger partial charge is 0.254 e. The van der Waals surface area contributed by atoms with Crippen LogP contribution in [0.5, 0.6) is 5.75 Å². The molecule has 2 heterocycles. The summed E-state index contributed by atoms with van der Waals surface area (Å²) in [5, 5.41) is 3.05. The molecule has 1 saturated heterocycles. The van der Waals surface area contributed by atoms with Crippen LogP contribution in [-0.2, 0) is 0 Å². The maximum atomic E-state index is 12.2. The summed E-state index contributed by atoms with van der Waals surface area (Å²) < 4.78 is 10.2. The van der Waals surface area contributed by atoms with Crippen molar-refractivity contribution >= 4 is 5.91 Å². The zero-order chi connectivity index (χ0) is 16.9. The van der Waals surface area contributed by atoms with E-state index in [1.807, 2.05) is 12.1 Å². The number of hydrogen-bond acceptors (Lipinski definition) is 4. The van der Waals surface area contributed by atoms with Gasteiger partial charge in [-0.15, -0.1) is 0 Å². The number of benzene rings is 1. The highest BCUT2D eigenvalue weighted by Gasteiger charge is 2.30. The van der Waals surface area contributed by atoms with Crippen LogP contribution < -0.4 is 10.1 Å². The van der Waals surface area contributed by atoms with Gasteiger partial charge in [-0.25, -0.2) is 0 Å². The lowest BCUT2D eigenvalue weighted by Gasteiger charge is -2.39. The second-order valence-electron chi connectivity index (χ2n) is 6.32. The van der Waals surface area contributed by atoms with E-state index in [2.05, 4.69) is 29.4 Å². The molecule has 2 atom stereocenters. The first-order chi connectivity index (χ1) is 11.7. The fourth-order valence-electron chi connectivity index (χ4n) is 3.52. The average Bonchev–Trinajstić information content (AvgIpc) is 3.14. The molecule has 2 aromatic rings. The minimum absolute atomic E-state index is 0.0783. The minimum atomic E-state index is -0.0783. The second kappa shape index (κ2) is 7.53. The molecular weight excluding hydrogens is 304 g/mol. The van der Waals surface area contributed by atoms with Crippen molar-refractivity contribution in [3.8, 4) is 5.75 Å². The first kappa shape index (κ1) is 16.6. The quantitative estimate of drug-likeness (QED) is 0.916. The molecule has 0 unspecified atom stereocenters. The molecule has 1 amide bonds. The van der Waals surface area contributed by atoms with Gasteiger partial charge in [-0.05, 0) is 56.1 Å². The number of furan rings is 1. The summed E-state index contributed by atoms with van der Waals surface area (Å²) in [5.41, 5.74) is 1.83. The molecule has 1 aliphatic rings. The van der Waals surface area contributed by atoms with Gasteiger partial charge in [0.15, 0.2) is 0 Å². The number of ether oxygens (including phenoxy) is 1. The third-order valence-electron chi connectivity index (χ3n) is 4.77. The van der Waals surface area contributed by atoms with E-state index in [1.165, 1.54) is 18.1 Å². The van der Waals surface area contributed by atoms with Gasteiger partial charge in [0.05, 0.1) is 18.9 Å². The van der Waals surface area contributed by atoms with Crippen LogP contribution in [0.1, 0.15) is 34.8 Å². The molecular formula is C19H24N2O3. The van der Waals surface area contributed by atoms with Crippen LogP contribution in [0.25, 0.3) is 0 Å². The molecule has 3 rings (SSSR count). The van der Waals surface area contributed by atoms with Gasteiger partial charge in [0, 0.05) is 12.6 Å².